The highest BCUT2D eigenvalue weighted by Crippen LogP contribution is 2.21. The first kappa shape index (κ1) is 15.1. The minimum atomic E-state index is -0.120. The highest BCUT2D eigenvalue weighted by molar-refractivity contribution is 6.33. The number of rotatable bonds is 4. The molecule has 0 unspecified atom stereocenters. The number of carbonyl (C=O) groups is 1. The van der Waals surface area contributed by atoms with Gasteiger partial charge in [-0.25, -0.2) is 0 Å². The van der Waals surface area contributed by atoms with Crippen LogP contribution in [0.15, 0.2) is 42.7 Å². The standard InChI is InChI=1S/C17H19ClN2O2/c18-16-4-3-14(20-7-1-2-8-20)11-15(16)17(21)19-12-13-5-9-22-10-6-13/h1-4,7-8,11,13H,5-6,9-10,12H2,(H,19,21). The van der Waals surface area contributed by atoms with Crippen LogP contribution in [0, 0.1) is 5.92 Å². The molecular weight excluding hydrogens is 300 g/mol. The van der Waals surface area contributed by atoms with E-state index in [2.05, 4.69) is 5.32 Å². The summed E-state index contributed by atoms with van der Waals surface area (Å²) in [5.74, 6) is 0.370. The second-order valence-corrected chi connectivity index (χ2v) is 5.93. The normalized spacial score (nSPS) is 15.7. The lowest BCUT2D eigenvalue weighted by Gasteiger charge is -2.22. The zero-order valence-corrected chi connectivity index (χ0v) is 13.1. The molecule has 3 rings (SSSR count). The number of ether oxygens (including phenoxy) is 1. The molecule has 1 saturated heterocycles. The fourth-order valence-corrected chi connectivity index (χ4v) is 2.84. The van der Waals surface area contributed by atoms with Crippen LogP contribution in [0.25, 0.3) is 5.69 Å². The Hall–Kier alpha value is -1.78. The maximum Gasteiger partial charge on any atom is 0.252 e. The van der Waals surface area contributed by atoms with Gasteiger partial charge in [-0.05, 0) is 49.1 Å². The van der Waals surface area contributed by atoms with Crippen molar-refractivity contribution in [3.05, 3.63) is 53.3 Å². The number of nitrogens with zero attached hydrogens (tertiary/aromatic N) is 1. The Morgan fingerprint density at radius 3 is 2.73 bits per heavy atom. The highest BCUT2D eigenvalue weighted by atomic mass is 35.5. The number of carbonyl (C=O) groups excluding carboxylic acids is 1. The molecule has 0 bridgehead atoms. The van der Waals surface area contributed by atoms with E-state index in [1.54, 1.807) is 6.07 Å². The summed E-state index contributed by atoms with van der Waals surface area (Å²) in [6.07, 6.45) is 5.87. The fourth-order valence-electron chi connectivity index (χ4n) is 2.64. The Labute approximate surface area is 135 Å². The lowest BCUT2D eigenvalue weighted by atomic mass is 10.0. The zero-order chi connectivity index (χ0) is 15.4. The van der Waals surface area contributed by atoms with Crippen LogP contribution >= 0.6 is 11.6 Å². The minimum Gasteiger partial charge on any atom is -0.381 e. The van der Waals surface area contributed by atoms with Crippen LogP contribution < -0.4 is 5.32 Å². The molecule has 1 fully saturated rings. The topological polar surface area (TPSA) is 43.3 Å². The smallest absolute Gasteiger partial charge is 0.252 e. The van der Waals surface area contributed by atoms with E-state index in [1.807, 2.05) is 41.2 Å². The number of halogens is 1. The summed E-state index contributed by atoms with van der Waals surface area (Å²) in [5.41, 5.74) is 1.44. The van der Waals surface area contributed by atoms with E-state index in [4.69, 9.17) is 16.3 Å². The van der Waals surface area contributed by atoms with Gasteiger partial charge in [-0.1, -0.05) is 11.6 Å². The Morgan fingerprint density at radius 1 is 1.27 bits per heavy atom. The van der Waals surface area contributed by atoms with Crippen molar-refractivity contribution in [2.75, 3.05) is 19.8 Å². The fraction of sp³-hybridized carbons (Fsp3) is 0.353. The first-order valence-electron chi connectivity index (χ1n) is 7.53. The predicted octanol–water partition coefficient (Wildman–Crippen LogP) is 3.29. The van der Waals surface area contributed by atoms with Crippen LogP contribution in [0.1, 0.15) is 23.2 Å². The summed E-state index contributed by atoms with van der Waals surface area (Å²) in [6, 6.07) is 9.37. The lowest BCUT2D eigenvalue weighted by Crippen LogP contribution is -2.32. The molecule has 1 N–H and O–H groups in total. The Morgan fingerprint density at radius 2 is 2.00 bits per heavy atom. The molecule has 2 aromatic rings. The van der Waals surface area contributed by atoms with Crippen molar-refractivity contribution in [2.24, 2.45) is 5.92 Å². The van der Waals surface area contributed by atoms with Crippen molar-refractivity contribution in [3.8, 4) is 5.69 Å². The molecule has 22 heavy (non-hydrogen) atoms. The maximum absolute atomic E-state index is 12.4. The summed E-state index contributed by atoms with van der Waals surface area (Å²) in [4.78, 5) is 12.4. The maximum atomic E-state index is 12.4. The quantitative estimate of drug-likeness (QED) is 0.940. The van der Waals surface area contributed by atoms with Crippen molar-refractivity contribution >= 4 is 17.5 Å². The number of aromatic nitrogens is 1. The van der Waals surface area contributed by atoms with Gasteiger partial charge >= 0.3 is 0 Å². The van der Waals surface area contributed by atoms with E-state index in [-0.39, 0.29) is 5.91 Å². The average molecular weight is 319 g/mol. The largest absolute Gasteiger partial charge is 0.381 e. The summed E-state index contributed by atoms with van der Waals surface area (Å²) in [6.45, 7) is 2.24. The Balaban J connectivity index is 1.70. The van der Waals surface area contributed by atoms with Gasteiger partial charge < -0.3 is 14.6 Å². The number of benzene rings is 1. The third-order valence-electron chi connectivity index (χ3n) is 3.99. The van der Waals surface area contributed by atoms with Gasteiger partial charge in [0.15, 0.2) is 0 Å². The molecule has 1 aromatic heterocycles. The van der Waals surface area contributed by atoms with Crippen LogP contribution in [0.5, 0.6) is 0 Å². The van der Waals surface area contributed by atoms with Gasteiger partial charge in [0.1, 0.15) is 0 Å². The molecule has 1 amide bonds. The highest BCUT2D eigenvalue weighted by Gasteiger charge is 2.17. The van der Waals surface area contributed by atoms with Crippen molar-refractivity contribution in [1.82, 2.24) is 9.88 Å². The van der Waals surface area contributed by atoms with Crippen LogP contribution in [-0.2, 0) is 4.74 Å². The van der Waals surface area contributed by atoms with E-state index in [9.17, 15) is 4.79 Å². The molecule has 2 heterocycles. The molecule has 4 nitrogen and oxygen atoms in total. The Bertz CT molecular complexity index is 634. The summed E-state index contributed by atoms with van der Waals surface area (Å²) < 4.78 is 7.28. The third kappa shape index (κ3) is 3.51. The number of hydrogen-bond acceptors (Lipinski definition) is 2. The van der Waals surface area contributed by atoms with E-state index >= 15 is 0 Å². The number of nitrogens with one attached hydrogen (secondary N) is 1. The summed E-state index contributed by atoms with van der Waals surface area (Å²) in [7, 11) is 0. The number of hydrogen-bond donors (Lipinski definition) is 1. The van der Waals surface area contributed by atoms with Crippen molar-refractivity contribution < 1.29 is 9.53 Å². The van der Waals surface area contributed by atoms with E-state index in [0.717, 1.165) is 31.7 Å². The Kier molecular flexibility index (Phi) is 4.80. The molecule has 1 aliphatic rings. The van der Waals surface area contributed by atoms with Crippen LogP contribution in [0.3, 0.4) is 0 Å². The molecule has 0 radical (unpaired) electrons. The van der Waals surface area contributed by atoms with E-state index in [0.29, 0.717) is 23.0 Å². The lowest BCUT2D eigenvalue weighted by molar-refractivity contribution is 0.0642. The van der Waals surface area contributed by atoms with Crippen molar-refractivity contribution in [2.45, 2.75) is 12.8 Å². The van der Waals surface area contributed by atoms with Crippen molar-refractivity contribution in [1.29, 1.82) is 0 Å². The van der Waals surface area contributed by atoms with Crippen LogP contribution in [-0.4, -0.2) is 30.2 Å². The van der Waals surface area contributed by atoms with Crippen LogP contribution in [0.4, 0.5) is 0 Å². The molecule has 5 heteroatoms. The third-order valence-corrected chi connectivity index (χ3v) is 4.32. The van der Waals surface area contributed by atoms with Gasteiger partial charge in [0.2, 0.25) is 0 Å². The second kappa shape index (κ2) is 6.99. The number of amides is 1. The van der Waals surface area contributed by atoms with Crippen molar-refractivity contribution in [3.63, 3.8) is 0 Å². The molecular formula is C17H19ClN2O2. The molecule has 1 aromatic carbocycles. The molecule has 1 aliphatic heterocycles. The predicted molar refractivity (Wildman–Crippen MR) is 86.7 cm³/mol. The SMILES string of the molecule is O=C(NCC1CCOCC1)c1cc(-n2cccc2)ccc1Cl. The van der Waals surface area contributed by atoms with Gasteiger partial charge in [0, 0.05) is 37.8 Å². The summed E-state index contributed by atoms with van der Waals surface area (Å²) in [5, 5.41) is 3.47. The minimum absolute atomic E-state index is 0.120. The molecule has 0 atom stereocenters. The van der Waals surface area contributed by atoms with E-state index in [1.165, 1.54) is 0 Å². The monoisotopic (exact) mass is 318 g/mol. The average Bonchev–Trinajstić information content (AvgIpc) is 3.08. The molecule has 116 valence electrons. The molecule has 0 spiro atoms. The first-order chi connectivity index (χ1) is 10.7. The molecule has 0 saturated carbocycles. The van der Waals surface area contributed by atoms with Gasteiger partial charge in [0.05, 0.1) is 10.6 Å². The zero-order valence-electron chi connectivity index (χ0n) is 12.3. The van der Waals surface area contributed by atoms with E-state index < -0.39 is 0 Å². The summed E-state index contributed by atoms with van der Waals surface area (Å²) >= 11 is 6.18. The van der Waals surface area contributed by atoms with Gasteiger partial charge in [0.25, 0.3) is 5.91 Å². The van der Waals surface area contributed by atoms with Gasteiger partial charge in [-0.2, -0.15) is 0 Å². The van der Waals surface area contributed by atoms with Crippen LogP contribution in [0.2, 0.25) is 5.02 Å². The molecule has 0 aliphatic carbocycles. The second-order valence-electron chi connectivity index (χ2n) is 5.52. The van der Waals surface area contributed by atoms with Gasteiger partial charge in [-0.15, -0.1) is 0 Å². The first-order valence-corrected chi connectivity index (χ1v) is 7.90. The van der Waals surface area contributed by atoms with Gasteiger partial charge in [-0.3, -0.25) is 4.79 Å².